The molecule has 9 nitrogen and oxygen atoms in total. The smallest absolute Gasteiger partial charge is 0.414 e. The van der Waals surface area contributed by atoms with Crippen LogP contribution in [0.4, 0.5) is 20.6 Å². The van der Waals surface area contributed by atoms with Gasteiger partial charge in [0, 0.05) is 33.7 Å². The third-order valence-electron chi connectivity index (χ3n) is 6.41. The number of ether oxygens (including phenoxy) is 2. The number of likely N-dealkylation sites (tertiary alicyclic amines) is 1. The van der Waals surface area contributed by atoms with Crippen molar-refractivity contribution in [1.82, 2.24) is 10.2 Å². The highest BCUT2D eigenvalue weighted by atomic mass is 19.1. The molecule has 3 aliphatic heterocycles. The van der Waals surface area contributed by atoms with Gasteiger partial charge in [0.05, 0.1) is 30.5 Å². The maximum atomic E-state index is 15.1. The van der Waals surface area contributed by atoms with Crippen LogP contribution in [0.15, 0.2) is 18.2 Å². The Bertz CT molecular complexity index is 897. The van der Waals surface area contributed by atoms with Crippen LogP contribution in [0.3, 0.4) is 0 Å². The number of methoxy groups -OCH3 is 1. The second kappa shape index (κ2) is 9.32. The zero-order chi connectivity index (χ0) is 22.8. The number of carbonyl (C=O) groups excluding carboxylic acids is 3. The third kappa shape index (κ3) is 4.50. The van der Waals surface area contributed by atoms with Crippen LogP contribution in [-0.4, -0.2) is 81.4 Å². The van der Waals surface area contributed by atoms with E-state index in [0.29, 0.717) is 36.9 Å². The summed E-state index contributed by atoms with van der Waals surface area (Å²) in [5, 5.41) is 2.62. The van der Waals surface area contributed by atoms with Crippen LogP contribution in [0.2, 0.25) is 0 Å². The zero-order valence-electron chi connectivity index (χ0n) is 18.4. The summed E-state index contributed by atoms with van der Waals surface area (Å²) in [6.45, 7) is 3.86. The Morgan fingerprint density at radius 2 is 2.09 bits per heavy atom. The van der Waals surface area contributed by atoms with Gasteiger partial charge in [0.25, 0.3) is 0 Å². The number of benzene rings is 1. The highest BCUT2D eigenvalue weighted by Crippen LogP contribution is 2.36. The molecule has 0 bridgehead atoms. The van der Waals surface area contributed by atoms with Crippen molar-refractivity contribution in [3.8, 4) is 0 Å². The molecule has 10 heteroatoms. The number of anilines is 2. The topological polar surface area (TPSA) is 91.4 Å². The molecule has 1 N–H and O–H groups in total. The molecule has 32 heavy (non-hydrogen) atoms. The summed E-state index contributed by atoms with van der Waals surface area (Å²) in [7, 11) is 1.51. The summed E-state index contributed by atoms with van der Waals surface area (Å²) >= 11 is 0. The monoisotopic (exact) mass is 448 g/mol. The first-order valence-electron chi connectivity index (χ1n) is 10.9. The average molecular weight is 448 g/mol. The Morgan fingerprint density at radius 3 is 2.81 bits per heavy atom. The Kier molecular flexibility index (Phi) is 6.50. The van der Waals surface area contributed by atoms with Crippen molar-refractivity contribution in [3.63, 3.8) is 0 Å². The Labute approximate surface area is 186 Å². The van der Waals surface area contributed by atoms with Crippen molar-refractivity contribution >= 4 is 29.3 Å². The lowest BCUT2D eigenvalue weighted by Crippen LogP contribution is -2.49. The van der Waals surface area contributed by atoms with Gasteiger partial charge in [0.15, 0.2) is 0 Å². The number of cyclic esters (lactones) is 1. The number of piperidine rings is 1. The summed E-state index contributed by atoms with van der Waals surface area (Å²) in [6, 6.07) is 4.77. The molecule has 0 aliphatic carbocycles. The van der Waals surface area contributed by atoms with Crippen molar-refractivity contribution in [3.05, 3.63) is 24.0 Å². The van der Waals surface area contributed by atoms with Crippen LogP contribution in [0, 0.1) is 11.7 Å². The van der Waals surface area contributed by atoms with Crippen molar-refractivity contribution in [2.24, 2.45) is 5.92 Å². The van der Waals surface area contributed by atoms with Gasteiger partial charge >= 0.3 is 6.09 Å². The van der Waals surface area contributed by atoms with Crippen LogP contribution < -0.4 is 15.1 Å². The van der Waals surface area contributed by atoms with Crippen molar-refractivity contribution < 1.29 is 28.2 Å². The first kappa shape index (κ1) is 22.3. The average Bonchev–Trinajstić information content (AvgIpc) is 3.35. The molecule has 3 amide bonds. The molecule has 3 fully saturated rings. The minimum absolute atomic E-state index is 0.0266. The molecular formula is C22H29FN4O5. The van der Waals surface area contributed by atoms with E-state index in [0.717, 1.165) is 12.8 Å². The second-order valence-corrected chi connectivity index (χ2v) is 8.58. The molecular weight excluding hydrogens is 419 g/mol. The molecule has 3 saturated heterocycles. The van der Waals surface area contributed by atoms with Crippen molar-refractivity contribution in [2.45, 2.75) is 31.9 Å². The number of halogens is 1. The summed E-state index contributed by atoms with van der Waals surface area (Å²) in [5.74, 6) is -0.356. The van der Waals surface area contributed by atoms with Gasteiger partial charge in [-0.3, -0.25) is 14.5 Å². The van der Waals surface area contributed by atoms with Crippen LogP contribution in [0.25, 0.3) is 0 Å². The van der Waals surface area contributed by atoms with Gasteiger partial charge in [-0.1, -0.05) is 0 Å². The molecule has 3 heterocycles. The summed E-state index contributed by atoms with van der Waals surface area (Å²) in [6.07, 6.45) is 0.897. The largest absolute Gasteiger partial charge is 0.442 e. The number of hydrogen-bond donors (Lipinski definition) is 1. The van der Waals surface area contributed by atoms with Crippen LogP contribution in [0.5, 0.6) is 0 Å². The Hall–Kier alpha value is -2.88. The fourth-order valence-electron chi connectivity index (χ4n) is 4.91. The van der Waals surface area contributed by atoms with E-state index in [-0.39, 0.29) is 37.6 Å². The molecule has 0 radical (unpaired) electrons. The van der Waals surface area contributed by atoms with Crippen molar-refractivity contribution in [2.75, 3.05) is 56.2 Å². The fraction of sp³-hybridized carbons (Fsp3) is 0.591. The maximum Gasteiger partial charge on any atom is 0.414 e. The lowest BCUT2D eigenvalue weighted by Gasteiger charge is -2.36. The van der Waals surface area contributed by atoms with Gasteiger partial charge in [-0.15, -0.1) is 0 Å². The first-order valence-corrected chi connectivity index (χ1v) is 10.9. The molecule has 3 atom stereocenters. The standard InChI is InChI=1S/C22H29FN4O5/c1-14(28)24-9-17-11-27(22(30)32-17)16-5-6-19(18(23)8-16)25-10-15-4-3-7-26(20(15)12-25)21(29)13-31-2/h5-6,8,15,17,20H,3-4,7,9-13H2,1-2H3,(H,24,28)/t15?,17?,20-/m0/s1. The lowest BCUT2D eigenvalue weighted by molar-refractivity contribution is -0.139. The van der Waals surface area contributed by atoms with Crippen molar-refractivity contribution in [1.29, 1.82) is 0 Å². The molecule has 0 spiro atoms. The summed E-state index contributed by atoms with van der Waals surface area (Å²) in [4.78, 5) is 40.9. The number of nitrogens with one attached hydrogen (secondary N) is 1. The Morgan fingerprint density at radius 1 is 1.28 bits per heavy atom. The zero-order valence-corrected chi connectivity index (χ0v) is 18.4. The minimum atomic E-state index is -0.563. The van der Waals surface area contributed by atoms with Gasteiger partial charge in [0.2, 0.25) is 11.8 Å². The van der Waals surface area contributed by atoms with E-state index < -0.39 is 18.0 Å². The summed E-state index contributed by atoms with van der Waals surface area (Å²) in [5.41, 5.74) is 0.875. The van der Waals surface area contributed by atoms with E-state index in [1.807, 2.05) is 9.80 Å². The fourth-order valence-corrected chi connectivity index (χ4v) is 4.91. The second-order valence-electron chi connectivity index (χ2n) is 8.58. The van der Waals surface area contributed by atoms with E-state index in [1.165, 1.54) is 25.0 Å². The highest BCUT2D eigenvalue weighted by Gasteiger charge is 2.41. The van der Waals surface area contributed by atoms with Crippen LogP contribution in [-0.2, 0) is 19.1 Å². The molecule has 1 aromatic carbocycles. The molecule has 2 unspecified atom stereocenters. The molecule has 1 aromatic rings. The molecule has 3 aliphatic rings. The van der Waals surface area contributed by atoms with Gasteiger partial charge in [0.1, 0.15) is 18.5 Å². The number of nitrogens with zero attached hydrogens (tertiary/aromatic N) is 3. The molecule has 174 valence electrons. The van der Waals surface area contributed by atoms with Crippen LogP contribution >= 0.6 is 0 Å². The van der Waals surface area contributed by atoms with Gasteiger partial charge < -0.3 is 24.6 Å². The predicted octanol–water partition coefficient (Wildman–Crippen LogP) is 1.36. The lowest BCUT2D eigenvalue weighted by atomic mass is 9.92. The van der Waals surface area contributed by atoms with E-state index in [2.05, 4.69) is 5.32 Å². The highest BCUT2D eigenvalue weighted by molar-refractivity contribution is 5.90. The molecule has 0 aromatic heterocycles. The third-order valence-corrected chi connectivity index (χ3v) is 6.41. The van der Waals surface area contributed by atoms with E-state index in [9.17, 15) is 14.4 Å². The number of rotatable bonds is 6. The molecule has 4 rings (SSSR count). The summed E-state index contributed by atoms with van der Waals surface area (Å²) < 4.78 is 25.4. The quantitative estimate of drug-likeness (QED) is 0.707. The van der Waals surface area contributed by atoms with E-state index >= 15 is 4.39 Å². The van der Waals surface area contributed by atoms with E-state index in [1.54, 1.807) is 12.1 Å². The van der Waals surface area contributed by atoms with Gasteiger partial charge in [-0.2, -0.15) is 0 Å². The number of fused-ring (bicyclic) bond motifs is 1. The maximum absolute atomic E-state index is 15.1. The number of amides is 3. The Balaban J connectivity index is 1.44. The van der Waals surface area contributed by atoms with Crippen LogP contribution in [0.1, 0.15) is 19.8 Å². The molecule has 0 saturated carbocycles. The first-order chi connectivity index (χ1) is 15.4. The predicted molar refractivity (Wildman–Crippen MR) is 115 cm³/mol. The van der Waals surface area contributed by atoms with Gasteiger partial charge in [-0.25, -0.2) is 9.18 Å². The van der Waals surface area contributed by atoms with E-state index in [4.69, 9.17) is 9.47 Å². The number of hydrogen-bond acceptors (Lipinski definition) is 6. The SMILES string of the molecule is COCC(=O)N1CCCC2CN(c3ccc(N4CC(CNC(C)=O)OC4=O)cc3F)C[C@@H]21. The number of carbonyl (C=O) groups is 3. The minimum Gasteiger partial charge on any atom is -0.442 e. The van der Waals surface area contributed by atoms with Gasteiger partial charge in [-0.05, 0) is 37.0 Å². The normalized spacial score (nSPS) is 25.0.